The van der Waals surface area contributed by atoms with Crippen molar-refractivity contribution in [2.45, 2.75) is 19.3 Å². The first kappa shape index (κ1) is 15.2. The average molecular weight is 302 g/mol. The predicted molar refractivity (Wildman–Crippen MR) is 64.6 cm³/mol. The van der Waals surface area contributed by atoms with Crippen LogP contribution in [0.25, 0.3) is 5.57 Å². The van der Waals surface area contributed by atoms with E-state index >= 15 is 0 Å². The topological polar surface area (TPSA) is 43.4 Å². The fraction of sp³-hybridized carbons (Fsp3) is 0.286. The molecule has 0 N–H and O–H groups in total. The maximum Gasteiger partial charge on any atom is 0.342 e. The highest BCUT2D eigenvalue weighted by Gasteiger charge is 2.48. The van der Waals surface area contributed by atoms with Gasteiger partial charge in [-0.15, -0.1) is 0 Å². The summed E-state index contributed by atoms with van der Waals surface area (Å²) in [5, 5.41) is 0. The molecule has 0 unspecified atom stereocenters. The van der Waals surface area contributed by atoms with E-state index in [1.54, 1.807) is 0 Å². The predicted octanol–water partition coefficient (Wildman–Crippen LogP) is 2.67. The summed E-state index contributed by atoms with van der Waals surface area (Å²) in [6.07, 6.45) is -1.12. The molecule has 0 heterocycles. The molecule has 0 aliphatic heterocycles. The highest BCUT2D eigenvalue weighted by Crippen LogP contribution is 2.47. The van der Waals surface area contributed by atoms with Crippen LogP contribution in [0.15, 0.2) is 17.7 Å². The summed E-state index contributed by atoms with van der Waals surface area (Å²) in [5.41, 5.74) is -2.69. The molecule has 1 aliphatic carbocycles. The van der Waals surface area contributed by atoms with Crippen LogP contribution in [0.2, 0.25) is 0 Å². The van der Waals surface area contributed by atoms with Crippen molar-refractivity contribution in [3.63, 3.8) is 0 Å². The Bertz CT molecular complexity index is 677. The molecule has 1 aliphatic rings. The molecule has 0 amide bonds. The van der Waals surface area contributed by atoms with E-state index < -0.39 is 52.4 Å². The minimum absolute atomic E-state index is 0.352. The van der Waals surface area contributed by atoms with Gasteiger partial charge in [0.2, 0.25) is 0 Å². The van der Waals surface area contributed by atoms with Crippen LogP contribution in [0.3, 0.4) is 0 Å². The minimum atomic E-state index is -3.66. The van der Waals surface area contributed by atoms with Crippen LogP contribution in [0, 0.1) is 11.6 Å². The Kier molecular flexibility index (Phi) is 3.61. The van der Waals surface area contributed by atoms with Gasteiger partial charge in [0.15, 0.2) is 17.4 Å². The molecule has 112 valence electrons. The number of Topliss-reactive ketones (excluding diaryl/α,β-unsaturated/α-hetero) is 1. The Balaban J connectivity index is 2.83. The number of hydrogen-bond donors (Lipinski definition) is 0. The molecule has 0 saturated heterocycles. The minimum Gasteiger partial charge on any atom is -0.465 e. The second kappa shape index (κ2) is 4.98. The van der Waals surface area contributed by atoms with Gasteiger partial charge in [-0.2, -0.15) is 0 Å². The normalized spacial score (nSPS) is 18.2. The molecule has 7 heteroatoms. The van der Waals surface area contributed by atoms with Crippen molar-refractivity contribution in [2.75, 3.05) is 7.11 Å². The fourth-order valence-corrected chi connectivity index (χ4v) is 2.35. The quantitative estimate of drug-likeness (QED) is 0.277. The van der Waals surface area contributed by atoms with Crippen LogP contribution >= 0.6 is 0 Å². The number of rotatable bonds is 2. The van der Waals surface area contributed by atoms with E-state index in [0.717, 1.165) is 20.1 Å². The number of ketones is 1. The van der Waals surface area contributed by atoms with Crippen molar-refractivity contribution in [2.24, 2.45) is 0 Å². The molecule has 0 fully saturated rings. The van der Waals surface area contributed by atoms with Crippen LogP contribution in [0.4, 0.5) is 17.6 Å². The van der Waals surface area contributed by atoms with Gasteiger partial charge in [-0.05, 0) is 18.6 Å². The lowest BCUT2D eigenvalue weighted by Crippen LogP contribution is -2.22. The summed E-state index contributed by atoms with van der Waals surface area (Å²) in [6, 6.07) is 1.60. The highest BCUT2D eigenvalue weighted by molar-refractivity contribution is 6.23. The number of esters is 1. The van der Waals surface area contributed by atoms with Crippen molar-refractivity contribution in [1.29, 1.82) is 0 Å². The lowest BCUT2D eigenvalue weighted by Gasteiger charge is -2.14. The number of halogens is 4. The molecule has 1 aromatic rings. The van der Waals surface area contributed by atoms with Gasteiger partial charge in [-0.25, -0.2) is 22.4 Å². The van der Waals surface area contributed by atoms with Gasteiger partial charge in [0.05, 0.1) is 7.11 Å². The van der Waals surface area contributed by atoms with Gasteiger partial charge in [-0.1, -0.05) is 6.07 Å². The third kappa shape index (κ3) is 2.32. The summed E-state index contributed by atoms with van der Waals surface area (Å²) < 4.78 is 59.3. The van der Waals surface area contributed by atoms with Gasteiger partial charge < -0.3 is 4.74 Å². The fourth-order valence-electron chi connectivity index (χ4n) is 2.35. The molecule has 0 saturated carbocycles. The van der Waals surface area contributed by atoms with E-state index in [9.17, 15) is 27.2 Å². The molecule has 3 nitrogen and oxygen atoms in total. The number of benzene rings is 1. The zero-order valence-electron chi connectivity index (χ0n) is 11.1. The molecule has 0 aromatic heterocycles. The number of carbonyl (C=O) groups is 2. The number of hydrogen-bond acceptors (Lipinski definition) is 3. The Morgan fingerprint density at radius 3 is 2.38 bits per heavy atom. The van der Waals surface area contributed by atoms with Crippen molar-refractivity contribution >= 4 is 17.3 Å². The smallest absolute Gasteiger partial charge is 0.342 e. The van der Waals surface area contributed by atoms with Crippen LogP contribution in [0.1, 0.15) is 18.1 Å². The van der Waals surface area contributed by atoms with Crippen molar-refractivity contribution in [1.82, 2.24) is 0 Å². The summed E-state index contributed by atoms with van der Waals surface area (Å²) in [5.74, 6) is -8.52. The van der Waals surface area contributed by atoms with Crippen LogP contribution in [0.5, 0.6) is 0 Å². The molecular formula is C14H10F4O3. The number of carbonyl (C=O) groups excluding carboxylic acids is 2. The maximum absolute atomic E-state index is 14.1. The maximum atomic E-state index is 14.1. The second-order valence-corrected chi connectivity index (χ2v) is 4.57. The standard InChI is InChI=1S/C14H10F4O3/c1-6(19)10(13(20)21-2)11-7-3-4-9(15)12(16)8(7)5-14(11,17)18/h3-4H,5H2,1-2H3/b11-10-. The largest absolute Gasteiger partial charge is 0.465 e. The van der Waals surface area contributed by atoms with Gasteiger partial charge in [0.1, 0.15) is 5.57 Å². The van der Waals surface area contributed by atoms with Gasteiger partial charge in [0.25, 0.3) is 5.92 Å². The molecule has 0 spiro atoms. The van der Waals surface area contributed by atoms with Crippen LogP contribution in [-0.4, -0.2) is 24.8 Å². The first-order chi connectivity index (χ1) is 9.70. The molecule has 21 heavy (non-hydrogen) atoms. The van der Waals surface area contributed by atoms with Gasteiger partial charge >= 0.3 is 5.97 Å². The first-order valence-electron chi connectivity index (χ1n) is 5.89. The molecule has 0 atom stereocenters. The second-order valence-electron chi connectivity index (χ2n) is 4.57. The summed E-state index contributed by atoms with van der Waals surface area (Å²) >= 11 is 0. The number of ether oxygens (including phenoxy) is 1. The third-order valence-corrected chi connectivity index (χ3v) is 3.22. The van der Waals surface area contributed by atoms with E-state index in [2.05, 4.69) is 4.74 Å². The van der Waals surface area contributed by atoms with E-state index in [1.165, 1.54) is 0 Å². The molecule has 2 rings (SSSR count). The van der Waals surface area contributed by atoms with Crippen molar-refractivity contribution < 1.29 is 31.9 Å². The van der Waals surface area contributed by atoms with Gasteiger partial charge in [-0.3, -0.25) is 4.79 Å². The number of fused-ring (bicyclic) bond motifs is 1. The Morgan fingerprint density at radius 1 is 1.24 bits per heavy atom. The molecular weight excluding hydrogens is 292 g/mol. The van der Waals surface area contributed by atoms with E-state index in [-0.39, 0.29) is 5.56 Å². The molecule has 1 aromatic carbocycles. The summed E-state index contributed by atoms with van der Waals surface area (Å²) in [7, 11) is 0.936. The zero-order valence-corrected chi connectivity index (χ0v) is 11.1. The van der Waals surface area contributed by atoms with Crippen LogP contribution in [-0.2, 0) is 20.7 Å². The number of allylic oxidation sites excluding steroid dienone is 1. The van der Waals surface area contributed by atoms with E-state index in [0.29, 0.717) is 6.07 Å². The summed E-state index contributed by atoms with van der Waals surface area (Å²) in [4.78, 5) is 23.1. The zero-order chi connectivity index (χ0) is 15.9. The van der Waals surface area contributed by atoms with Crippen LogP contribution < -0.4 is 0 Å². The van der Waals surface area contributed by atoms with E-state index in [4.69, 9.17) is 0 Å². The lowest BCUT2D eigenvalue weighted by molar-refractivity contribution is -0.137. The molecule has 0 radical (unpaired) electrons. The van der Waals surface area contributed by atoms with E-state index in [1.807, 2.05) is 0 Å². The molecule has 0 bridgehead atoms. The highest BCUT2D eigenvalue weighted by atomic mass is 19.3. The Labute approximate surface area is 117 Å². The number of alkyl halides is 2. The monoisotopic (exact) mass is 302 g/mol. The first-order valence-corrected chi connectivity index (χ1v) is 5.89. The Hall–Kier alpha value is -2.18. The Morgan fingerprint density at radius 2 is 1.86 bits per heavy atom. The SMILES string of the molecule is COC(=O)/C(C(C)=O)=C1/c2ccc(F)c(F)c2CC1(F)F. The number of methoxy groups -OCH3 is 1. The van der Waals surface area contributed by atoms with Crippen molar-refractivity contribution in [3.05, 3.63) is 40.5 Å². The van der Waals surface area contributed by atoms with Crippen molar-refractivity contribution in [3.8, 4) is 0 Å². The lowest BCUT2D eigenvalue weighted by atomic mass is 9.97. The summed E-state index contributed by atoms with van der Waals surface area (Å²) in [6.45, 7) is 0.924. The van der Waals surface area contributed by atoms with Gasteiger partial charge in [0, 0.05) is 17.6 Å². The average Bonchev–Trinajstić information content (AvgIpc) is 2.66. The third-order valence-electron chi connectivity index (χ3n) is 3.22.